The van der Waals surface area contributed by atoms with Crippen LogP contribution in [0.15, 0.2) is 42.5 Å². The van der Waals surface area contributed by atoms with Crippen molar-refractivity contribution >= 4 is 11.9 Å². The van der Waals surface area contributed by atoms with Gasteiger partial charge >= 0.3 is 11.9 Å². The summed E-state index contributed by atoms with van der Waals surface area (Å²) in [6.07, 6.45) is 2.79. The zero-order valence-electron chi connectivity index (χ0n) is 15.7. The largest absolute Gasteiger partial charge is 0.466 e. The molecule has 0 atom stereocenters. The van der Waals surface area contributed by atoms with E-state index in [1.54, 1.807) is 6.07 Å². The lowest BCUT2D eigenvalue weighted by Gasteiger charge is -2.13. The number of benzene rings is 2. The van der Waals surface area contributed by atoms with Crippen LogP contribution in [0.2, 0.25) is 0 Å². The van der Waals surface area contributed by atoms with Gasteiger partial charge in [-0.3, -0.25) is 4.79 Å². The summed E-state index contributed by atoms with van der Waals surface area (Å²) in [5.74, 6) is -0.554. The van der Waals surface area contributed by atoms with Gasteiger partial charge in [0.2, 0.25) is 0 Å². The zero-order chi connectivity index (χ0) is 18.9. The van der Waals surface area contributed by atoms with Crippen LogP contribution in [0.4, 0.5) is 0 Å². The van der Waals surface area contributed by atoms with E-state index in [0.29, 0.717) is 25.0 Å². The van der Waals surface area contributed by atoms with Crippen LogP contribution in [0.5, 0.6) is 0 Å². The summed E-state index contributed by atoms with van der Waals surface area (Å²) in [6.45, 7) is 4.54. The molecule has 0 unspecified atom stereocenters. The van der Waals surface area contributed by atoms with Gasteiger partial charge in [-0.1, -0.05) is 49.7 Å². The molecular weight excluding hydrogens is 328 g/mol. The van der Waals surface area contributed by atoms with E-state index in [1.165, 1.54) is 7.11 Å². The van der Waals surface area contributed by atoms with Gasteiger partial charge in [0.15, 0.2) is 0 Å². The van der Waals surface area contributed by atoms with Crippen molar-refractivity contribution in [2.24, 2.45) is 0 Å². The molecule has 138 valence electrons. The first-order valence-corrected chi connectivity index (χ1v) is 8.99. The molecule has 0 amide bonds. The van der Waals surface area contributed by atoms with Crippen LogP contribution in [-0.2, 0) is 20.7 Å². The Hall–Kier alpha value is -2.62. The monoisotopic (exact) mass is 354 g/mol. The highest BCUT2D eigenvalue weighted by Gasteiger charge is 2.16. The molecule has 0 aliphatic heterocycles. The number of esters is 2. The maximum Gasteiger partial charge on any atom is 0.338 e. The minimum absolute atomic E-state index is 0.187. The molecule has 0 aliphatic carbocycles. The fourth-order valence-corrected chi connectivity index (χ4v) is 2.78. The van der Waals surface area contributed by atoms with E-state index < -0.39 is 0 Å². The Bertz CT molecular complexity index is 764. The first-order chi connectivity index (χ1) is 12.6. The van der Waals surface area contributed by atoms with Gasteiger partial charge < -0.3 is 9.47 Å². The number of methoxy groups -OCH3 is 1. The molecule has 2 aromatic carbocycles. The third-order valence-corrected chi connectivity index (χ3v) is 4.30. The Kier molecular flexibility index (Phi) is 7.39. The summed E-state index contributed by atoms with van der Waals surface area (Å²) in [6, 6.07) is 13.5. The Morgan fingerprint density at radius 2 is 1.81 bits per heavy atom. The molecule has 26 heavy (non-hydrogen) atoms. The van der Waals surface area contributed by atoms with E-state index in [1.807, 2.05) is 43.3 Å². The van der Waals surface area contributed by atoms with Gasteiger partial charge in [-0.15, -0.1) is 0 Å². The van der Waals surface area contributed by atoms with Gasteiger partial charge in [-0.2, -0.15) is 0 Å². The van der Waals surface area contributed by atoms with Gasteiger partial charge in [-0.05, 0) is 48.1 Å². The second-order valence-electron chi connectivity index (χ2n) is 6.26. The predicted molar refractivity (Wildman–Crippen MR) is 102 cm³/mol. The maximum atomic E-state index is 12.1. The van der Waals surface area contributed by atoms with Crippen molar-refractivity contribution in [3.63, 3.8) is 0 Å². The van der Waals surface area contributed by atoms with Crippen LogP contribution < -0.4 is 0 Å². The zero-order valence-corrected chi connectivity index (χ0v) is 15.7. The highest BCUT2D eigenvalue weighted by atomic mass is 16.5. The molecule has 0 aromatic heterocycles. The topological polar surface area (TPSA) is 52.6 Å². The van der Waals surface area contributed by atoms with Gasteiger partial charge in [-0.25, -0.2) is 4.79 Å². The molecular formula is C22H26O4. The average Bonchev–Trinajstić information content (AvgIpc) is 2.66. The first kappa shape index (κ1) is 19.7. The summed E-state index contributed by atoms with van der Waals surface area (Å²) in [4.78, 5) is 24.0. The van der Waals surface area contributed by atoms with Crippen molar-refractivity contribution in [1.82, 2.24) is 0 Å². The van der Waals surface area contributed by atoms with Crippen molar-refractivity contribution < 1.29 is 19.1 Å². The number of aryl methyl sites for hydroxylation is 2. The maximum absolute atomic E-state index is 12.1. The summed E-state index contributed by atoms with van der Waals surface area (Å²) < 4.78 is 10.1. The minimum atomic E-state index is -0.367. The molecule has 0 heterocycles. The summed E-state index contributed by atoms with van der Waals surface area (Å²) in [7, 11) is 1.38. The highest BCUT2D eigenvalue weighted by molar-refractivity contribution is 5.97. The fourth-order valence-electron chi connectivity index (χ4n) is 2.78. The normalized spacial score (nSPS) is 10.4. The number of ether oxygens (including phenoxy) is 2. The van der Waals surface area contributed by atoms with Crippen LogP contribution in [0.1, 0.15) is 47.7 Å². The highest BCUT2D eigenvalue weighted by Crippen LogP contribution is 2.29. The lowest BCUT2D eigenvalue weighted by atomic mass is 9.93. The van der Waals surface area contributed by atoms with Gasteiger partial charge in [0.1, 0.15) is 0 Å². The van der Waals surface area contributed by atoms with Gasteiger partial charge in [0, 0.05) is 6.42 Å². The third-order valence-electron chi connectivity index (χ3n) is 4.30. The average molecular weight is 354 g/mol. The van der Waals surface area contributed by atoms with E-state index in [0.717, 1.165) is 35.1 Å². The van der Waals surface area contributed by atoms with Gasteiger partial charge in [0.05, 0.1) is 19.3 Å². The number of hydrogen-bond donors (Lipinski definition) is 0. The predicted octanol–water partition coefficient (Wildman–Crippen LogP) is 4.72. The number of unbranched alkanes of at least 4 members (excludes halogenated alkanes) is 1. The Labute approximate surface area is 155 Å². The molecule has 0 fully saturated rings. The molecule has 4 nitrogen and oxygen atoms in total. The van der Waals surface area contributed by atoms with Crippen LogP contribution in [0, 0.1) is 6.92 Å². The molecule has 0 N–H and O–H groups in total. The molecule has 2 rings (SSSR count). The third kappa shape index (κ3) is 5.19. The van der Waals surface area contributed by atoms with Crippen LogP contribution in [0.3, 0.4) is 0 Å². The molecule has 0 spiro atoms. The van der Waals surface area contributed by atoms with Crippen LogP contribution in [0.25, 0.3) is 11.1 Å². The lowest BCUT2D eigenvalue weighted by Crippen LogP contribution is -2.08. The molecule has 0 aliphatic rings. The van der Waals surface area contributed by atoms with E-state index in [2.05, 4.69) is 6.92 Å². The summed E-state index contributed by atoms with van der Waals surface area (Å²) in [5, 5.41) is 0. The van der Waals surface area contributed by atoms with Crippen molar-refractivity contribution in [1.29, 1.82) is 0 Å². The van der Waals surface area contributed by atoms with E-state index in [9.17, 15) is 9.59 Å². The molecule has 0 saturated carbocycles. The quantitative estimate of drug-likeness (QED) is 0.508. The Morgan fingerprint density at radius 3 is 2.50 bits per heavy atom. The molecule has 4 heteroatoms. The first-order valence-electron chi connectivity index (χ1n) is 8.99. The fraction of sp³-hybridized carbons (Fsp3) is 0.364. The van der Waals surface area contributed by atoms with E-state index in [-0.39, 0.29) is 11.9 Å². The van der Waals surface area contributed by atoms with Crippen molar-refractivity contribution in [3.8, 4) is 11.1 Å². The number of hydrogen-bond acceptors (Lipinski definition) is 4. The van der Waals surface area contributed by atoms with E-state index in [4.69, 9.17) is 9.47 Å². The number of rotatable bonds is 8. The lowest BCUT2D eigenvalue weighted by molar-refractivity contribution is -0.143. The SMILES string of the molecule is CCCCOC(=O)CCc1ccc(C(=O)OC)c(-c2ccccc2C)c1. The van der Waals surface area contributed by atoms with Crippen LogP contribution >= 0.6 is 0 Å². The minimum Gasteiger partial charge on any atom is -0.466 e. The second-order valence-corrected chi connectivity index (χ2v) is 6.26. The van der Waals surface area contributed by atoms with Gasteiger partial charge in [0.25, 0.3) is 0 Å². The Morgan fingerprint density at radius 1 is 1.04 bits per heavy atom. The van der Waals surface area contributed by atoms with Crippen molar-refractivity contribution in [2.75, 3.05) is 13.7 Å². The van der Waals surface area contributed by atoms with Crippen molar-refractivity contribution in [2.45, 2.75) is 39.5 Å². The van der Waals surface area contributed by atoms with Crippen molar-refractivity contribution in [3.05, 3.63) is 59.2 Å². The smallest absolute Gasteiger partial charge is 0.338 e. The number of carbonyl (C=O) groups excluding carboxylic acids is 2. The van der Waals surface area contributed by atoms with E-state index >= 15 is 0 Å². The molecule has 2 aromatic rings. The Balaban J connectivity index is 2.22. The second kappa shape index (κ2) is 9.76. The molecule has 0 bridgehead atoms. The number of carbonyl (C=O) groups is 2. The summed E-state index contributed by atoms with van der Waals surface area (Å²) in [5.41, 5.74) is 4.40. The molecule has 0 saturated heterocycles. The van der Waals surface area contributed by atoms with Crippen LogP contribution in [-0.4, -0.2) is 25.7 Å². The standard InChI is InChI=1S/C22H26O4/c1-4-5-14-26-21(23)13-11-17-10-12-19(22(24)25-3)20(15-17)18-9-7-6-8-16(18)2/h6-10,12,15H,4-5,11,13-14H2,1-3H3. The molecule has 0 radical (unpaired) electrons. The summed E-state index contributed by atoms with van der Waals surface area (Å²) >= 11 is 0.